The minimum atomic E-state index is 0.147. The van der Waals surface area contributed by atoms with Crippen molar-refractivity contribution in [3.63, 3.8) is 0 Å². The summed E-state index contributed by atoms with van der Waals surface area (Å²) >= 11 is 0. The molecule has 1 aliphatic heterocycles. The molecule has 0 amide bonds. The van der Waals surface area contributed by atoms with Crippen LogP contribution in [0, 0.1) is 12.3 Å². The van der Waals surface area contributed by atoms with Gasteiger partial charge in [0.15, 0.2) is 0 Å². The largest absolute Gasteiger partial charge is 0.384 e. The lowest BCUT2D eigenvalue weighted by Crippen LogP contribution is -2.51. The monoisotopic (exact) mass is 260 g/mol. The first-order valence-electron chi connectivity index (χ1n) is 6.93. The van der Waals surface area contributed by atoms with E-state index in [1.54, 1.807) is 0 Å². The Morgan fingerprint density at radius 2 is 2.16 bits per heavy atom. The minimum Gasteiger partial charge on any atom is -0.384 e. The molecule has 4 nitrogen and oxygen atoms in total. The summed E-state index contributed by atoms with van der Waals surface area (Å²) < 4.78 is 0. The van der Waals surface area contributed by atoms with Crippen molar-refractivity contribution in [1.82, 2.24) is 4.90 Å². The summed E-state index contributed by atoms with van der Waals surface area (Å²) in [5.41, 5.74) is 8.73. The van der Waals surface area contributed by atoms with E-state index >= 15 is 0 Å². The van der Waals surface area contributed by atoms with Gasteiger partial charge in [0.1, 0.15) is 5.84 Å². The summed E-state index contributed by atoms with van der Waals surface area (Å²) in [6.45, 7) is 7.51. The molecule has 1 atom stereocenters. The average Bonchev–Trinajstić information content (AvgIpc) is 2.38. The lowest BCUT2D eigenvalue weighted by atomic mass is 10.0. The van der Waals surface area contributed by atoms with Gasteiger partial charge in [0.05, 0.1) is 0 Å². The maximum Gasteiger partial charge on any atom is 0.123 e. The van der Waals surface area contributed by atoms with Gasteiger partial charge in [-0.1, -0.05) is 6.92 Å². The standard InChI is InChI=1S/C15H24N4/c1-4-12-10-19(8-7-18(12)3)13-5-6-14(15(16)17)11(2)9-13/h5-6,9,12H,4,7-8,10H2,1-3H3,(H3,16,17). The number of aryl methyl sites for hydroxylation is 1. The molecule has 3 N–H and O–H groups in total. The van der Waals surface area contributed by atoms with E-state index in [4.69, 9.17) is 11.1 Å². The van der Waals surface area contributed by atoms with E-state index in [9.17, 15) is 0 Å². The molecule has 104 valence electrons. The molecule has 0 radical (unpaired) electrons. The molecule has 1 saturated heterocycles. The van der Waals surface area contributed by atoms with Crippen LogP contribution in [0.4, 0.5) is 5.69 Å². The van der Waals surface area contributed by atoms with Crippen molar-refractivity contribution in [3.05, 3.63) is 29.3 Å². The molecule has 1 fully saturated rings. The van der Waals surface area contributed by atoms with E-state index in [-0.39, 0.29) is 5.84 Å². The molecule has 0 bridgehead atoms. The molecule has 1 heterocycles. The van der Waals surface area contributed by atoms with Crippen molar-refractivity contribution in [3.8, 4) is 0 Å². The molecule has 19 heavy (non-hydrogen) atoms. The lowest BCUT2D eigenvalue weighted by Gasteiger charge is -2.40. The summed E-state index contributed by atoms with van der Waals surface area (Å²) in [7, 11) is 2.20. The lowest BCUT2D eigenvalue weighted by molar-refractivity contribution is 0.213. The van der Waals surface area contributed by atoms with Crippen molar-refractivity contribution in [2.24, 2.45) is 5.73 Å². The fourth-order valence-electron chi connectivity index (χ4n) is 2.77. The second kappa shape index (κ2) is 5.61. The second-order valence-corrected chi connectivity index (χ2v) is 5.40. The molecule has 1 aromatic rings. The molecule has 1 aromatic carbocycles. The molecule has 0 aromatic heterocycles. The van der Waals surface area contributed by atoms with Crippen molar-refractivity contribution in [2.75, 3.05) is 31.6 Å². The normalized spacial score (nSPS) is 20.6. The van der Waals surface area contributed by atoms with Crippen molar-refractivity contribution < 1.29 is 0 Å². The zero-order valence-corrected chi connectivity index (χ0v) is 12.1. The van der Waals surface area contributed by atoms with Gasteiger partial charge in [-0.15, -0.1) is 0 Å². The Morgan fingerprint density at radius 3 is 2.74 bits per heavy atom. The molecule has 0 aliphatic carbocycles. The zero-order valence-electron chi connectivity index (χ0n) is 12.1. The Kier molecular flexibility index (Phi) is 4.10. The summed E-state index contributed by atoms with van der Waals surface area (Å²) in [5, 5.41) is 7.54. The highest BCUT2D eigenvalue weighted by atomic mass is 15.3. The van der Waals surface area contributed by atoms with Gasteiger partial charge >= 0.3 is 0 Å². The van der Waals surface area contributed by atoms with E-state index in [0.29, 0.717) is 6.04 Å². The third-order valence-electron chi connectivity index (χ3n) is 4.11. The van der Waals surface area contributed by atoms with Gasteiger partial charge in [-0.2, -0.15) is 0 Å². The molecular formula is C15H24N4. The number of hydrogen-bond donors (Lipinski definition) is 2. The molecule has 0 saturated carbocycles. The van der Waals surface area contributed by atoms with Crippen molar-refractivity contribution >= 4 is 11.5 Å². The first-order valence-corrected chi connectivity index (χ1v) is 6.93. The molecule has 1 aliphatic rings. The number of likely N-dealkylation sites (N-methyl/N-ethyl adjacent to an activating group) is 1. The van der Waals surface area contributed by atoms with Gasteiger partial charge in [-0.25, -0.2) is 0 Å². The molecule has 4 heteroatoms. The number of piperazine rings is 1. The minimum absolute atomic E-state index is 0.147. The van der Waals surface area contributed by atoms with Crippen LogP contribution >= 0.6 is 0 Å². The Bertz CT molecular complexity index is 469. The van der Waals surface area contributed by atoms with E-state index in [2.05, 4.69) is 35.9 Å². The third kappa shape index (κ3) is 2.89. The molecular weight excluding hydrogens is 236 g/mol. The topological polar surface area (TPSA) is 56.4 Å². The Hall–Kier alpha value is -1.55. The fraction of sp³-hybridized carbons (Fsp3) is 0.533. The van der Waals surface area contributed by atoms with Crippen molar-refractivity contribution in [1.29, 1.82) is 5.41 Å². The highest BCUT2D eigenvalue weighted by Crippen LogP contribution is 2.22. The molecule has 1 unspecified atom stereocenters. The summed E-state index contributed by atoms with van der Waals surface area (Å²) in [6.07, 6.45) is 1.18. The number of hydrogen-bond acceptors (Lipinski definition) is 3. The molecule has 0 spiro atoms. The first-order chi connectivity index (χ1) is 9.02. The quantitative estimate of drug-likeness (QED) is 0.644. The number of rotatable bonds is 3. The van der Waals surface area contributed by atoms with E-state index < -0.39 is 0 Å². The predicted molar refractivity (Wildman–Crippen MR) is 81.1 cm³/mol. The Balaban J connectivity index is 2.18. The number of benzene rings is 1. The van der Waals surface area contributed by atoms with Gasteiger partial charge in [-0.3, -0.25) is 10.3 Å². The van der Waals surface area contributed by atoms with E-state index in [0.717, 1.165) is 30.8 Å². The van der Waals surface area contributed by atoms with Crippen LogP contribution in [0.5, 0.6) is 0 Å². The van der Waals surface area contributed by atoms with E-state index in [1.165, 1.54) is 12.1 Å². The van der Waals surface area contributed by atoms with Crippen LogP contribution in [0.15, 0.2) is 18.2 Å². The van der Waals surface area contributed by atoms with Gasteiger partial charge < -0.3 is 10.6 Å². The number of nitrogens with zero attached hydrogens (tertiary/aromatic N) is 2. The SMILES string of the molecule is CCC1CN(c2ccc(C(=N)N)c(C)c2)CCN1C. The van der Waals surface area contributed by atoms with Crippen LogP contribution in [0.1, 0.15) is 24.5 Å². The number of nitrogen functional groups attached to an aromatic ring is 1. The summed E-state index contributed by atoms with van der Waals surface area (Å²) in [4.78, 5) is 4.87. The first kappa shape index (κ1) is 13.9. The second-order valence-electron chi connectivity index (χ2n) is 5.40. The summed E-state index contributed by atoms with van der Waals surface area (Å²) in [5.74, 6) is 0.147. The molecule has 2 rings (SSSR count). The van der Waals surface area contributed by atoms with Gasteiger partial charge in [0.25, 0.3) is 0 Å². The maximum absolute atomic E-state index is 7.54. The number of nitrogens with two attached hydrogens (primary N) is 1. The van der Waals surface area contributed by atoms with Crippen LogP contribution in [-0.2, 0) is 0 Å². The number of nitrogens with one attached hydrogen (secondary N) is 1. The number of anilines is 1. The third-order valence-corrected chi connectivity index (χ3v) is 4.11. The summed E-state index contributed by atoms with van der Waals surface area (Å²) in [6, 6.07) is 6.82. The fourth-order valence-corrected chi connectivity index (χ4v) is 2.77. The highest BCUT2D eigenvalue weighted by Gasteiger charge is 2.23. The Morgan fingerprint density at radius 1 is 1.42 bits per heavy atom. The maximum atomic E-state index is 7.54. The van der Waals surface area contributed by atoms with Gasteiger partial charge in [-0.05, 0) is 44.2 Å². The van der Waals surface area contributed by atoms with Crippen LogP contribution in [0.3, 0.4) is 0 Å². The smallest absolute Gasteiger partial charge is 0.123 e. The van der Waals surface area contributed by atoms with E-state index in [1.807, 2.05) is 13.0 Å². The Labute approximate surface area is 115 Å². The zero-order chi connectivity index (χ0) is 14.0. The average molecular weight is 260 g/mol. The predicted octanol–water partition coefficient (Wildman–Crippen LogP) is 1.81. The highest BCUT2D eigenvalue weighted by molar-refractivity contribution is 5.96. The van der Waals surface area contributed by atoms with Gasteiger partial charge in [0, 0.05) is 36.9 Å². The van der Waals surface area contributed by atoms with Crippen LogP contribution in [0.2, 0.25) is 0 Å². The van der Waals surface area contributed by atoms with Crippen molar-refractivity contribution in [2.45, 2.75) is 26.3 Å². The van der Waals surface area contributed by atoms with Gasteiger partial charge in [0.2, 0.25) is 0 Å². The van der Waals surface area contributed by atoms with Crippen LogP contribution in [0.25, 0.3) is 0 Å². The van der Waals surface area contributed by atoms with Crippen LogP contribution < -0.4 is 10.6 Å². The van der Waals surface area contributed by atoms with Crippen LogP contribution in [-0.4, -0.2) is 43.5 Å². The number of amidine groups is 1.